The Morgan fingerprint density at radius 2 is 2.00 bits per heavy atom. The number of aryl methyl sites for hydroxylation is 2. The monoisotopic (exact) mass is 365 g/mol. The highest BCUT2D eigenvalue weighted by molar-refractivity contribution is 9.10. The van der Waals surface area contributed by atoms with Crippen molar-refractivity contribution in [3.05, 3.63) is 68.1 Å². The standard InChI is InChI=1S/C16H13BrClNO2/c1-9-3-5-12(17)11(7-9)15(18)10-4-6-13-14(8-10)21-16(20)19(13)2/h3-8,15H,1-2H3. The molecule has 0 N–H and O–H groups in total. The van der Waals surface area contributed by atoms with E-state index in [1.54, 1.807) is 7.05 Å². The van der Waals surface area contributed by atoms with Gasteiger partial charge in [0.25, 0.3) is 0 Å². The van der Waals surface area contributed by atoms with Crippen molar-refractivity contribution >= 4 is 38.6 Å². The van der Waals surface area contributed by atoms with Crippen LogP contribution in [0.15, 0.2) is 50.1 Å². The fraction of sp³-hybridized carbons (Fsp3) is 0.188. The van der Waals surface area contributed by atoms with E-state index in [-0.39, 0.29) is 11.1 Å². The van der Waals surface area contributed by atoms with Crippen molar-refractivity contribution in [2.75, 3.05) is 0 Å². The van der Waals surface area contributed by atoms with Gasteiger partial charge in [-0.1, -0.05) is 39.7 Å². The number of alkyl halides is 1. The van der Waals surface area contributed by atoms with E-state index in [1.807, 2.05) is 43.3 Å². The maximum absolute atomic E-state index is 11.5. The van der Waals surface area contributed by atoms with Gasteiger partial charge < -0.3 is 4.42 Å². The molecule has 1 atom stereocenters. The van der Waals surface area contributed by atoms with E-state index in [2.05, 4.69) is 15.9 Å². The molecule has 3 aromatic rings. The van der Waals surface area contributed by atoms with Crippen LogP contribution in [0, 0.1) is 6.92 Å². The van der Waals surface area contributed by atoms with Crippen LogP contribution in [0.4, 0.5) is 0 Å². The molecular formula is C16H13BrClNO2. The van der Waals surface area contributed by atoms with E-state index in [1.165, 1.54) is 4.57 Å². The van der Waals surface area contributed by atoms with Gasteiger partial charge in [0.1, 0.15) is 0 Å². The summed E-state index contributed by atoms with van der Waals surface area (Å²) in [5.41, 5.74) is 4.34. The van der Waals surface area contributed by atoms with Gasteiger partial charge in [-0.25, -0.2) is 4.79 Å². The van der Waals surface area contributed by atoms with Crippen LogP contribution in [0.1, 0.15) is 22.1 Å². The lowest BCUT2D eigenvalue weighted by atomic mass is 10.0. The largest absolute Gasteiger partial charge is 0.419 e. The van der Waals surface area contributed by atoms with E-state index in [4.69, 9.17) is 16.0 Å². The first kappa shape index (κ1) is 14.4. The van der Waals surface area contributed by atoms with Crippen molar-refractivity contribution in [2.45, 2.75) is 12.3 Å². The van der Waals surface area contributed by atoms with Crippen molar-refractivity contribution < 1.29 is 4.42 Å². The zero-order chi connectivity index (χ0) is 15.1. The molecule has 0 radical (unpaired) electrons. The summed E-state index contributed by atoms with van der Waals surface area (Å²) in [6, 6.07) is 11.7. The van der Waals surface area contributed by atoms with Crippen molar-refractivity contribution in [2.24, 2.45) is 7.05 Å². The molecule has 3 rings (SSSR count). The average molecular weight is 367 g/mol. The van der Waals surface area contributed by atoms with Crippen LogP contribution in [0.5, 0.6) is 0 Å². The third-order valence-electron chi connectivity index (χ3n) is 3.53. The lowest BCUT2D eigenvalue weighted by Gasteiger charge is -2.13. The number of rotatable bonds is 2. The number of nitrogens with zero attached hydrogens (tertiary/aromatic N) is 1. The number of benzene rings is 2. The Hall–Kier alpha value is -1.52. The first-order valence-electron chi connectivity index (χ1n) is 6.47. The molecule has 0 aliphatic carbocycles. The predicted molar refractivity (Wildman–Crippen MR) is 88.0 cm³/mol. The van der Waals surface area contributed by atoms with E-state index in [9.17, 15) is 4.79 Å². The van der Waals surface area contributed by atoms with Crippen molar-refractivity contribution in [1.29, 1.82) is 0 Å². The quantitative estimate of drug-likeness (QED) is 0.625. The van der Waals surface area contributed by atoms with Crippen LogP contribution in [0.2, 0.25) is 0 Å². The summed E-state index contributed by atoms with van der Waals surface area (Å²) in [5.74, 6) is -0.370. The maximum atomic E-state index is 11.5. The van der Waals surface area contributed by atoms with Gasteiger partial charge in [0.05, 0.1) is 10.9 Å². The summed E-state index contributed by atoms with van der Waals surface area (Å²) in [4.78, 5) is 11.5. The van der Waals surface area contributed by atoms with Gasteiger partial charge in [-0.2, -0.15) is 0 Å². The van der Waals surface area contributed by atoms with Crippen LogP contribution >= 0.6 is 27.5 Å². The maximum Gasteiger partial charge on any atom is 0.419 e. The molecule has 2 aromatic carbocycles. The highest BCUT2D eigenvalue weighted by Crippen LogP contribution is 2.35. The van der Waals surface area contributed by atoms with Gasteiger partial charge in [-0.05, 0) is 36.2 Å². The minimum Gasteiger partial charge on any atom is -0.408 e. The second-order valence-electron chi connectivity index (χ2n) is 5.04. The Morgan fingerprint density at radius 1 is 1.24 bits per heavy atom. The SMILES string of the molecule is Cc1ccc(Br)c(C(Cl)c2ccc3c(c2)oc(=O)n3C)c1. The highest BCUT2D eigenvalue weighted by Gasteiger charge is 2.16. The lowest BCUT2D eigenvalue weighted by Crippen LogP contribution is -2.08. The average Bonchev–Trinajstić information content (AvgIpc) is 2.75. The normalized spacial score (nSPS) is 12.8. The smallest absolute Gasteiger partial charge is 0.408 e. The molecule has 0 amide bonds. The fourth-order valence-electron chi connectivity index (χ4n) is 2.35. The molecule has 21 heavy (non-hydrogen) atoms. The van der Waals surface area contributed by atoms with E-state index < -0.39 is 0 Å². The van der Waals surface area contributed by atoms with Crippen LogP contribution in [0.25, 0.3) is 11.1 Å². The third kappa shape index (κ3) is 2.54. The summed E-state index contributed by atoms with van der Waals surface area (Å²) >= 11 is 10.1. The molecule has 0 saturated heterocycles. The Morgan fingerprint density at radius 3 is 2.76 bits per heavy atom. The summed E-state index contributed by atoms with van der Waals surface area (Å²) in [6.45, 7) is 2.03. The molecule has 0 spiro atoms. The van der Waals surface area contributed by atoms with Crippen molar-refractivity contribution in [3.8, 4) is 0 Å². The topological polar surface area (TPSA) is 35.1 Å². The Bertz CT molecular complexity index is 882. The molecular weight excluding hydrogens is 354 g/mol. The summed E-state index contributed by atoms with van der Waals surface area (Å²) in [5, 5.41) is -0.311. The Kier molecular flexibility index (Phi) is 3.68. The van der Waals surface area contributed by atoms with Crippen LogP contribution in [0.3, 0.4) is 0 Å². The third-order valence-corrected chi connectivity index (χ3v) is 4.74. The Balaban J connectivity index is 2.11. The molecule has 0 aliphatic rings. The number of fused-ring (bicyclic) bond motifs is 1. The van der Waals surface area contributed by atoms with E-state index in [0.29, 0.717) is 5.58 Å². The van der Waals surface area contributed by atoms with E-state index >= 15 is 0 Å². The van der Waals surface area contributed by atoms with Gasteiger partial charge in [-0.3, -0.25) is 4.57 Å². The fourth-order valence-corrected chi connectivity index (χ4v) is 3.27. The first-order valence-corrected chi connectivity index (χ1v) is 7.70. The van der Waals surface area contributed by atoms with Gasteiger partial charge >= 0.3 is 5.76 Å². The molecule has 0 aliphatic heterocycles. The molecule has 108 valence electrons. The summed E-state index contributed by atoms with van der Waals surface area (Å²) in [7, 11) is 1.68. The van der Waals surface area contributed by atoms with Crippen LogP contribution in [-0.2, 0) is 7.05 Å². The number of hydrogen-bond acceptors (Lipinski definition) is 2. The van der Waals surface area contributed by atoms with Gasteiger partial charge in [0.2, 0.25) is 0 Å². The minimum absolute atomic E-state index is 0.311. The van der Waals surface area contributed by atoms with Crippen molar-refractivity contribution in [3.63, 3.8) is 0 Å². The molecule has 1 unspecified atom stereocenters. The number of oxazole rings is 1. The highest BCUT2D eigenvalue weighted by atomic mass is 79.9. The van der Waals surface area contributed by atoms with Gasteiger partial charge in [-0.15, -0.1) is 11.6 Å². The minimum atomic E-state index is -0.370. The molecule has 3 nitrogen and oxygen atoms in total. The molecule has 0 bridgehead atoms. The number of halogens is 2. The van der Waals surface area contributed by atoms with Gasteiger partial charge in [0, 0.05) is 11.5 Å². The molecule has 5 heteroatoms. The van der Waals surface area contributed by atoms with E-state index in [0.717, 1.165) is 26.7 Å². The first-order chi connectivity index (χ1) is 9.97. The second kappa shape index (κ2) is 5.35. The zero-order valence-corrected chi connectivity index (χ0v) is 13.9. The molecule has 0 saturated carbocycles. The number of aromatic nitrogens is 1. The summed E-state index contributed by atoms with van der Waals surface area (Å²) < 4.78 is 7.65. The zero-order valence-electron chi connectivity index (χ0n) is 11.6. The molecule has 1 aromatic heterocycles. The molecule has 0 fully saturated rings. The second-order valence-corrected chi connectivity index (χ2v) is 6.33. The van der Waals surface area contributed by atoms with Crippen LogP contribution < -0.4 is 5.76 Å². The van der Waals surface area contributed by atoms with Crippen molar-refractivity contribution in [1.82, 2.24) is 4.57 Å². The van der Waals surface area contributed by atoms with Gasteiger partial charge in [0.15, 0.2) is 5.58 Å². The molecule has 1 heterocycles. The predicted octanol–water partition coefficient (Wildman–Crippen LogP) is 4.53. The van der Waals surface area contributed by atoms with Crippen LogP contribution in [-0.4, -0.2) is 4.57 Å². The lowest BCUT2D eigenvalue weighted by molar-refractivity contribution is 0.528. The Labute approximate surface area is 135 Å². The number of hydrogen-bond donors (Lipinski definition) is 0. The summed E-state index contributed by atoms with van der Waals surface area (Å²) in [6.07, 6.45) is 0.